The highest BCUT2D eigenvalue weighted by Gasteiger charge is 2.38. The van der Waals surface area contributed by atoms with Crippen LogP contribution >= 0.6 is 27.5 Å². The molecule has 11 nitrogen and oxygen atoms in total. The number of nitrogens with zero attached hydrogens (tertiary/aromatic N) is 7. The summed E-state index contributed by atoms with van der Waals surface area (Å²) in [5.41, 5.74) is 0.791. The van der Waals surface area contributed by atoms with E-state index in [0.29, 0.717) is 19.7 Å². The lowest BCUT2D eigenvalue weighted by molar-refractivity contribution is -0.147. The third-order valence-corrected chi connectivity index (χ3v) is 5.88. The zero-order valence-corrected chi connectivity index (χ0v) is 21.3. The molecule has 0 saturated heterocycles. The number of halogens is 5. The molecule has 0 spiro atoms. The van der Waals surface area contributed by atoms with Crippen molar-refractivity contribution >= 4 is 45.0 Å². The van der Waals surface area contributed by atoms with E-state index in [1.165, 1.54) is 25.4 Å². The summed E-state index contributed by atoms with van der Waals surface area (Å²) in [6, 6.07) is 7.54. The van der Waals surface area contributed by atoms with E-state index in [4.69, 9.17) is 11.6 Å². The molecule has 0 bridgehead atoms. The zero-order valence-electron chi connectivity index (χ0n) is 19.0. The maximum atomic E-state index is 13.5. The molecule has 37 heavy (non-hydrogen) atoms. The minimum atomic E-state index is -4.79. The maximum Gasteiger partial charge on any atom is 0.453 e. The van der Waals surface area contributed by atoms with E-state index in [9.17, 15) is 22.8 Å². The molecule has 0 aliphatic heterocycles. The van der Waals surface area contributed by atoms with Crippen LogP contribution < -0.4 is 10.6 Å². The van der Waals surface area contributed by atoms with Crippen LogP contribution in [-0.4, -0.2) is 53.8 Å². The summed E-state index contributed by atoms with van der Waals surface area (Å²) in [5, 5.41) is 19.2. The highest BCUT2D eigenvalue weighted by Crippen LogP contribution is 2.29. The summed E-state index contributed by atoms with van der Waals surface area (Å²) in [4.78, 5) is 30.1. The molecule has 1 aromatic carbocycles. The molecule has 0 saturated carbocycles. The first kappa shape index (κ1) is 26.2. The Hall–Kier alpha value is -3.85. The molecular weight excluding hydrogens is 583 g/mol. The van der Waals surface area contributed by atoms with Gasteiger partial charge in [-0.1, -0.05) is 11.6 Å². The quantitative estimate of drug-likeness (QED) is 0.346. The van der Waals surface area contributed by atoms with E-state index in [0.717, 1.165) is 4.68 Å². The van der Waals surface area contributed by atoms with Crippen LogP contribution in [0.25, 0.3) is 5.82 Å². The molecule has 0 fully saturated rings. The smallest absolute Gasteiger partial charge is 0.355 e. The molecule has 0 aliphatic carbocycles. The second-order valence-corrected chi connectivity index (χ2v) is 8.87. The Balaban J connectivity index is 1.78. The van der Waals surface area contributed by atoms with Gasteiger partial charge in [-0.2, -0.15) is 18.3 Å². The van der Waals surface area contributed by atoms with Crippen molar-refractivity contribution in [2.24, 2.45) is 0 Å². The lowest BCUT2D eigenvalue weighted by Gasteiger charge is -2.14. The van der Waals surface area contributed by atoms with Gasteiger partial charge in [0.15, 0.2) is 5.82 Å². The molecule has 0 unspecified atom stereocenters. The number of amides is 2. The van der Waals surface area contributed by atoms with Crippen LogP contribution in [0.15, 0.2) is 41.0 Å². The van der Waals surface area contributed by atoms with Crippen LogP contribution in [0.2, 0.25) is 5.02 Å². The number of alkyl halides is 3. The van der Waals surface area contributed by atoms with Gasteiger partial charge in [-0.15, -0.1) is 5.10 Å². The van der Waals surface area contributed by atoms with Crippen LogP contribution in [0.4, 0.5) is 18.9 Å². The number of pyridine rings is 1. The van der Waals surface area contributed by atoms with Crippen LogP contribution in [0.5, 0.6) is 0 Å². The van der Waals surface area contributed by atoms with Gasteiger partial charge in [0, 0.05) is 18.3 Å². The van der Waals surface area contributed by atoms with E-state index >= 15 is 0 Å². The Morgan fingerprint density at radius 3 is 2.62 bits per heavy atom. The minimum absolute atomic E-state index is 0.0415. The minimum Gasteiger partial charge on any atom is -0.355 e. The van der Waals surface area contributed by atoms with Gasteiger partial charge >= 0.3 is 6.18 Å². The molecule has 0 aliphatic rings. The van der Waals surface area contributed by atoms with Gasteiger partial charge in [0.1, 0.15) is 5.69 Å². The Labute approximate surface area is 220 Å². The molecule has 192 valence electrons. The van der Waals surface area contributed by atoms with Crippen molar-refractivity contribution < 1.29 is 22.8 Å². The Morgan fingerprint density at radius 1 is 1.19 bits per heavy atom. The number of nitrogens with one attached hydrogen (secondary N) is 2. The van der Waals surface area contributed by atoms with Gasteiger partial charge in [-0.3, -0.25) is 9.59 Å². The van der Waals surface area contributed by atoms with Gasteiger partial charge in [0.05, 0.1) is 28.0 Å². The summed E-state index contributed by atoms with van der Waals surface area (Å²) < 4.78 is 41.9. The summed E-state index contributed by atoms with van der Waals surface area (Å²) >= 11 is 9.44. The number of anilines is 1. The molecule has 16 heteroatoms. The van der Waals surface area contributed by atoms with Crippen LogP contribution in [0.1, 0.15) is 37.9 Å². The Kier molecular flexibility index (Phi) is 7.27. The van der Waals surface area contributed by atoms with Crippen LogP contribution in [0, 0.1) is 6.92 Å². The fourth-order valence-corrected chi connectivity index (χ4v) is 4.13. The Bertz CT molecular complexity index is 1500. The van der Waals surface area contributed by atoms with Gasteiger partial charge < -0.3 is 10.6 Å². The van der Waals surface area contributed by atoms with Crippen LogP contribution in [-0.2, 0) is 12.7 Å². The first-order valence-electron chi connectivity index (χ1n) is 10.4. The van der Waals surface area contributed by atoms with Crippen molar-refractivity contribution in [2.45, 2.75) is 19.6 Å². The van der Waals surface area contributed by atoms with E-state index in [2.05, 4.69) is 52.2 Å². The second kappa shape index (κ2) is 10.3. The van der Waals surface area contributed by atoms with E-state index in [-0.39, 0.29) is 28.5 Å². The van der Waals surface area contributed by atoms with E-state index in [1.807, 2.05) is 0 Å². The summed E-state index contributed by atoms with van der Waals surface area (Å²) in [7, 11) is 1.43. The van der Waals surface area contributed by atoms with Crippen molar-refractivity contribution in [2.75, 3.05) is 12.4 Å². The predicted octanol–water partition coefficient (Wildman–Crippen LogP) is 3.66. The molecule has 2 amide bonds. The summed E-state index contributed by atoms with van der Waals surface area (Å²) in [6.07, 6.45) is -3.34. The number of benzene rings is 1. The van der Waals surface area contributed by atoms with Crippen molar-refractivity contribution in [1.82, 2.24) is 40.3 Å². The first-order valence-corrected chi connectivity index (χ1v) is 11.5. The highest BCUT2D eigenvalue weighted by atomic mass is 79.9. The number of carbonyl (C=O) groups excluding carboxylic acids is 2. The monoisotopic (exact) mass is 597 g/mol. The van der Waals surface area contributed by atoms with E-state index in [1.54, 1.807) is 25.1 Å². The van der Waals surface area contributed by atoms with Gasteiger partial charge in [-0.25, -0.2) is 14.3 Å². The third kappa shape index (κ3) is 5.46. The molecule has 3 heterocycles. The van der Waals surface area contributed by atoms with Gasteiger partial charge in [-0.05, 0) is 69.2 Å². The van der Waals surface area contributed by atoms with Gasteiger partial charge in [0.2, 0.25) is 0 Å². The third-order valence-electron chi connectivity index (χ3n) is 5.04. The van der Waals surface area contributed by atoms with E-state index < -0.39 is 30.4 Å². The normalized spacial score (nSPS) is 11.4. The number of rotatable bonds is 6. The molecule has 2 N–H and O–H groups in total. The fraction of sp³-hybridized carbons (Fsp3) is 0.190. The number of carbonyl (C=O) groups is 2. The maximum absolute atomic E-state index is 13.5. The average molecular weight is 599 g/mol. The number of aryl methyl sites for hydroxylation is 1. The van der Waals surface area contributed by atoms with Crippen molar-refractivity contribution in [3.8, 4) is 5.82 Å². The predicted molar refractivity (Wildman–Crippen MR) is 129 cm³/mol. The number of aromatic nitrogens is 7. The summed E-state index contributed by atoms with van der Waals surface area (Å²) in [5.74, 6) is -2.31. The fourth-order valence-electron chi connectivity index (χ4n) is 3.43. The topological polar surface area (TPSA) is 133 Å². The van der Waals surface area contributed by atoms with Crippen molar-refractivity contribution in [3.05, 3.63) is 74.4 Å². The Morgan fingerprint density at radius 2 is 1.95 bits per heavy atom. The summed E-state index contributed by atoms with van der Waals surface area (Å²) in [6.45, 7) is 1.17. The lowest BCUT2D eigenvalue weighted by atomic mass is 10.1. The first-order chi connectivity index (χ1) is 17.5. The molecule has 4 rings (SSSR count). The lowest BCUT2D eigenvalue weighted by Crippen LogP contribution is -2.23. The largest absolute Gasteiger partial charge is 0.453 e. The molecule has 3 aromatic heterocycles. The van der Waals surface area contributed by atoms with Gasteiger partial charge in [0.25, 0.3) is 17.6 Å². The van der Waals surface area contributed by atoms with Crippen LogP contribution in [0.3, 0.4) is 0 Å². The second-order valence-electron chi connectivity index (χ2n) is 7.58. The van der Waals surface area contributed by atoms with Crippen molar-refractivity contribution in [3.63, 3.8) is 0 Å². The number of tetrazole rings is 1. The SMILES string of the molecule is CNC(=O)c1cc(Cl)cc(C)c1NC(=O)c1cc(Cn2nnnc2C(F)(F)F)nn1-c1ncccc1Br. The molecule has 4 aromatic rings. The average Bonchev–Trinajstić information content (AvgIpc) is 3.48. The zero-order chi connectivity index (χ0) is 26.9. The number of hydrogen-bond acceptors (Lipinski definition) is 7. The standard InChI is InChI=1S/C21H16BrClF3N9O2/c1-10-6-11(23)7-13(18(36)27-2)16(10)29-19(37)15-8-12(9-34-20(21(24,25)26)30-32-33-34)31-35(15)17-14(22)4-3-5-28-17/h3-8H,9H2,1-2H3,(H,27,36)(H,29,37). The molecular formula is C21H16BrClF3N9O2. The molecule has 0 radical (unpaired) electrons. The number of hydrogen-bond donors (Lipinski definition) is 2. The highest BCUT2D eigenvalue weighted by molar-refractivity contribution is 9.10. The molecule has 0 atom stereocenters. The van der Waals surface area contributed by atoms with Crippen molar-refractivity contribution in [1.29, 1.82) is 0 Å².